The molecule has 0 aromatic rings. The zero-order valence-corrected chi connectivity index (χ0v) is 30.5. The Hall–Kier alpha value is -1.69. The van der Waals surface area contributed by atoms with Crippen LogP contribution < -0.4 is 10.6 Å². The zero-order valence-electron chi connectivity index (χ0n) is 30.5. The Bertz CT molecular complexity index is 1060. The summed E-state index contributed by atoms with van der Waals surface area (Å²) in [6.45, 7) is 17.7. The summed E-state index contributed by atoms with van der Waals surface area (Å²) in [6, 6.07) is -0.488. The Labute approximate surface area is 281 Å². The second kappa shape index (κ2) is 16.6. The molecule has 0 heterocycles. The lowest BCUT2D eigenvalue weighted by Gasteiger charge is -2.58. The van der Waals surface area contributed by atoms with Gasteiger partial charge in [-0.3, -0.25) is 9.59 Å². The van der Waals surface area contributed by atoms with Crippen molar-refractivity contribution in [3.05, 3.63) is 11.6 Å². The van der Waals surface area contributed by atoms with E-state index < -0.39 is 6.04 Å². The molecule has 0 aromatic heterocycles. The van der Waals surface area contributed by atoms with Gasteiger partial charge in [-0.1, -0.05) is 85.8 Å². The normalized spacial score (nSPS) is 34.0. The molecule has 4 aliphatic rings. The van der Waals surface area contributed by atoms with Gasteiger partial charge < -0.3 is 20.2 Å². The third-order valence-corrected chi connectivity index (χ3v) is 13.6. The second-order valence-corrected chi connectivity index (χ2v) is 16.8. The highest BCUT2D eigenvalue weighted by Gasteiger charge is 2.59. The van der Waals surface area contributed by atoms with Crippen molar-refractivity contribution in [3.8, 4) is 0 Å². The summed E-state index contributed by atoms with van der Waals surface area (Å²) < 4.78 is 6.37. The Balaban J connectivity index is 1.18. The lowest BCUT2D eigenvalue weighted by molar-refractivity contribution is -0.128. The van der Waals surface area contributed by atoms with Crippen molar-refractivity contribution in [2.75, 3.05) is 13.2 Å². The van der Waals surface area contributed by atoms with Gasteiger partial charge in [-0.15, -0.1) is 0 Å². The summed E-state index contributed by atoms with van der Waals surface area (Å²) in [4.78, 5) is 35.7. The molecule has 3 saturated carbocycles. The molecule has 4 rings (SSSR count). The number of allylic oxidation sites excluding steroid dienone is 1. The van der Waals surface area contributed by atoms with Crippen LogP contribution >= 0.6 is 0 Å². The van der Waals surface area contributed by atoms with E-state index in [2.05, 4.69) is 51.3 Å². The molecule has 0 radical (unpaired) electrons. The number of carbonyl (C=O) groups excluding carboxylic acids is 3. The molecule has 6 nitrogen and oxygen atoms in total. The molecule has 0 spiro atoms. The van der Waals surface area contributed by atoms with Crippen molar-refractivity contribution >= 4 is 18.1 Å². The van der Waals surface area contributed by atoms with E-state index in [1.165, 1.54) is 57.8 Å². The highest BCUT2D eigenvalue weighted by molar-refractivity contribution is 5.85. The molecule has 2 N–H and O–H groups in total. The molecule has 46 heavy (non-hydrogen) atoms. The van der Waals surface area contributed by atoms with Gasteiger partial charge in [0.2, 0.25) is 11.8 Å². The van der Waals surface area contributed by atoms with Crippen LogP contribution in [0, 0.1) is 52.3 Å². The van der Waals surface area contributed by atoms with Crippen LogP contribution in [0.1, 0.15) is 145 Å². The maximum absolute atomic E-state index is 12.3. The highest BCUT2D eigenvalue weighted by Crippen LogP contribution is 2.67. The second-order valence-electron chi connectivity index (χ2n) is 16.8. The van der Waals surface area contributed by atoms with Crippen LogP contribution in [0.4, 0.5) is 0 Å². The SMILES string of the molecule is CC[C@H](C)[C@@H](C=O)NC(=O)CCC(=O)NCCCO[C@H]1CC[C@@]2(C)C(=CCC3C2CC[C@@]2(C)C3CC[C@@H]2[C@H](C)CCCC(C)C)C1. The highest BCUT2D eigenvalue weighted by atomic mass is 16.5. The average molecular weight is 641 g/mol. The molecular weight excluding hydrogens is 572 g/mol. The molecule has 4 aliphatic carbocycles. The number of nitrogens with one attached hydrogen (secondary N) is 2. The fraction of sp³-hybridized carbons (Fsp3) is 0.875. The van der Waals surface area contributed by atoms with Crippen LogP contribution in [-0.4, -0.2) is 43.4 Å². The number of rotatable bonds is 17. The molecule has 3 unspecified atom stereocenters. The Morgan fingerprint density at radius 2 is 1.74 bits per heavy atom. The number of hydrogen-bond donors (Lipinski definition) is 2. The number of hydrogen-bond acceptors (Lipinski definition) is 4. The minimum atomic E-state index is -0.488. The van der Waals surface area contributed by atoms with Gasteiger partial charge in [0.25, 0.3) is 0 Å². The van der Waals surface area contributed by atoms with Crippen molar-refractivity contribution in [1.82, 2.24) is 10.6 Å². The summed E-state index contributed by atoms with van der Waals surface area (Å²) in [5.74, 6) is 4.89. The van der Waals surface area contributed by atoms with Crippen LogP contribution in [0.25, 0.3) is 0 Å². The van der Waals surface area contributed by atoms with Gasteiger partial charge in [0, 0.05) is 26.0 Å². The van der Waals surface area contributed by atoms with E-state index >= 15 is 0 Å². The maximum atomic E-state index is 12.3. The van der Waals surface area contributed by atoms with Crippen molar-refractivity contribution in [3.63, 3.8) is 0 Å². The molecule has 10 atom stereocenters. The van der Waals surface area contributed by atoms with Crippen molar-refractivity contribution in [1.29, 1.82) is 0 Å². The average Bonchev–Trinajstić information content (AvgIpc) is 3.39. The first-order valence-electron chi connectivity index (χ1n) is 19.2. The predicted octanol–water partition coefficient (Wildman–Crippen LogP) is 8.43. The van der Waals surface area contributed by atoms with Gasteiger partial charge >= 0.3 is 0 Å². The van der Waals surface area contributed by atoms with E-state index in [0.29, 0.717) is 24.0 Å². The predicted molar refractivity (Wildman–Crippen MR) is 187 cm³/mol. The summed E-state index contributed by atoms with van der Waals surface area (Å²) >= 11 is 0. The van der Waals surface area contributed by atoms with Crippen molar-refractivity contribution < 1.29 is 19.1 Å². The third kappa shape index (κ3) is 8.66. The summed E-state index contributed by atoms with van der Waals surface area (Å²) in [6.07, 6.45) is 20.2. The first-order valence-corrected chi connectivity index (χ1v) is 19.2. The molecule has 6 heteroatoms. The molecular formula is C40H68N2O4. The largest absolute Gasteiger partial charge is 0.378 e. The number of aldehydes is 1. The van der Waals surface area contributed by atoms with Crippen molar-refractivity contribution in [2.24, 2.45) is 52.3 Å². The van der Waals surface area contributed by atoms with Gasteiger partial charge in [0.05, 0.1) is 12.1 Å². The van der Waals surface area contributed by atoms with E-state index in [1.54, 1.807) is 5.57 Å². The van der Waals surface area contributed by atoms with Gasteiger partial charge in [-0.25, -0.2) is 0 Å². The minimum absolute atomic E-state index is 0.0844. The number of fused-ring (bicyclic) bond motifs is 5. The van der Waals surface area contributed by atoms with Crippen LogP contribution in [0.15, 0.2) is 11.6 Å². The van der Waals surface area contributed by atoms with E-state index in [-0.39, 0.29) is 36.7 Å². The van der Waals surface area contributed by atoms with Crippen molar-refractivity contribution in [2.45, 2.75) is 157 Å². The van der Waals surface area contributed by atoms with Crippen LogP contribution in [0.3, 0.4) is 0 Å². The van der Waals surface area contributed by atoms with E-state index in [4.69, 9.17) is 4.74 Å². The smallest absolute Gasteiger partial charge is 0.221 e. The van der Waals surface area contributed by atoms with Crippen LogP contribution in [-0.2, 0) is 19.1 Å². The van der Waals surface area contributed by atoms with Gasteiger partial charge in [0.1, 0.15) is 6.29 Å². The third-order valence-electron chi connectivity index (χ3n) is 13.6. The van der Waals surface area contributed by atoms with Gasteiger partial charge in [-0.2, -0.15) is 0 Å². The molecule has 2 amide bonds. The first-order chi connectivity index (χ1) is 21.9. The minimum Gasteiger partial charge on any atom is -0.378 e. The molecule has 0 bridgehead atoms. The van der Waals surface area contributed by atoms with E-state index in [1.807, 2.05) is 13.8 Å². The topological polar surface area (TPSA) is 84.5 Å². The molecule has 0 aliphatic heterocycles. The number of amides is 2. The van der Waals surface area contributed by atoms with Crippen LogP contribution in [0.5, 0.6) is 0 Å². The fourth-order valence-corrected chi connectivity index (χ4v) is 10.5. The lowest BCUT2D eigenvalue weighted by atomic mass is 9.47. The Kier molecular flexibility index (Phi) is 13.4. The summed E-state index contributed by atoms with van der Waals surface area (Å²) in [7, 11) is 0. The maximum Gasteiger partial charge on any atom is 0.221 e. The number of ether oxygens (including phenoxy) is 1. The lowest BCUT2D eigenvalue weighted by Crippen LogP contribution is -2.51. The van der Waals surface area contributed by atoms with Gasteiger partial charge in [-0.05, 0) is 110 Å². The van der Waals surface area contributed by atoms with Gasteiger partial charge in [0.15, 0.2) is 0 Å². The first kappa shape index (κ1) is 37.1. The standard InChI is InChI=1S/C40H68N2O4/c1-8-28(4)36(26-43)42-38(45)18-17-37(44)41-23-10-24-46-31-19-21-39(6)30(25-31)13-14-32-34-16-15-33(29(5)12-9-11-27(2)3)40(34,7)22-20-35(32)39/h13,26-29,31-36H,8-12,14-25H2,1-7H3,(H,41,44)(H,42,45)/t28-,29+,31-,32?,33+,34?,35?,36+,39-,40+/m0/s1. The summed E-state index contributed by atoms with van der Waals surface area (Å²) in [5, 5.41) is 5.66. The Morgan fingerprint density at radius 1 is 0.978 bits per heavy atom. The zero-order chi connectivity index (χ0) is 33.5. The van der Waals surface area contributed by atoms with E-state index in [0.717, 1.165) is 67.5 Å². The summed E-state index contributed by atoms with van der Waals surface area (Å²) in [5.41, 5.74) is 2.54. The van der Waals surface area contributed by atoms with E-state index in [9.17, 15) is 14.4 Å². The molecule has 0 saturated heterocycles. The molecule has 3 fully saturated rings. The monoisotopic (exact) mass is 641 g/mol. The molecule has 262 valence electrons. The molecule has 0 aromatic carbocycles. The quantitative estimate of drug-likeness (QED) is 0.0950. The van der Waals surface area contributed by atoms with Crippen LogP contribution in [0.2, 0.25) is 0 Å². The fourth-order valence-electron chi connectivity index (χ4n) is 10.5. The number of carbonyl (C=O) groups is 3. The Morgan fingerprint density at radius 3 is 2.46 bits per heavy atom.